The third-order valence-electron chi connectivity index (χ3n) is 4.33. The fourth-order valence-corrected chi connectivity index (χ4v) is 2.89. The fraction of sp³-hybridized carbons (Fsp3) is 0.450. The van der Waals surface area contributed by atoms with Gasteiger partial charge in [-0.2, -0.15) is 0 Å². The van der Waals surface area contributed by atoms with E-state index >= 15 is 0 Å². The molecule has 1 heterocycles. The van der Waals surface area contributed by atoms with Crippen molar-refractivity contribution in [2.45, 2.75) is 33.1 Å². The van der Waals surface area contributed by atoms with Gasteiger partial charge in [0.15, 0.2) is 0 Å². The number of carbonyl (C=O) groups is 3. The lowest BCUT2D eigenvalue weighted by Gasteiger charge is -2.31. The van der Waals surface area contributed by atoms with Crippen molar-refractivity contribution in [2.24, 2.45) is 5.92 Å². The van der Waals surface area contributed by atoms with Crippen LogP contribution in [-0.4, -0.2) is 42.3 Å². The van der Waals surface area contributed by atoms with Crippen LogP contribution < -0.4 is 10.1 Å². The molecule has 2 rings (SSSR count). The number of nitrogens with zero attached hydrogens (tertiary/aromatic N) is 1. The second kappa shape index (κ2) is 9.75. The topological polar surface area (TPSA) is 75.7 Å². The summed E-state index contributed by atoms with van der Waals surface area (Å²) in [6.45, 7) is 5.33. The van der Waals surface area contributed by atoms with Gasteiger partial charge in [-0.3, -0.25) is 14.4 Å². The molecule has 26 heavy (non-hydrogen) atoms. The summed E-state index contributed by atoms with van der Waals surface area (Å²) >= 11 is 0. The number of allylic oxidation sites excluding steroid dienone is 1. The Hall–Kier alpha value is -2.63. The number of ether oxygens (including phenoxy) is 1. The molecule has 0 unspecified atom stereocenters. The summed E-state index contributed by atoms with van der Waals surface area (Å²) in [5.74, 6) is 0.171. The van der Waals surface area contributed by atoms with Crippen LogP contribution in [0.5, 0.6) is 5.75 Å². The van der Waals surface area contributed by atoms with Crippen molar-refractivity contribution in [2.75, 3.05) is 19.6 Å². The van der Waals surface area contributed by atoms with Crippen molar-refractivity contribution < 1.29 is 19.1 Å². The van der Waals surface area contributed by atoms with Gasteiger partial charge in [-0.15, -0.1) is 0 Å². The zero-order valence-corrected chi connectivity index (χ0v) is 15.4. The molecule has 0 atom stereocenters. The average Bonchev–Trinajstić information content (AvgIpc) is 2.64. The maximum Gasteiger partial charge on any atom is 0.308 e. The Morgan fingerprint density at radius 2 is 2.00 bits per heavy atom. The highest BCUT2D eigenvalue weighted by Gasteiger charge is 2.22. The van der Waals surface area contributed by atoms with Crippen LogP contribution in [0.15, 0.2) is 36.4 Å². The van der Waals surface area contributed by atoms with E-state index in [4.69, 9.17) is 4.74 Å². The lowest BCUT2D eigenvalue weighted by molar-refractivity contribution is -0.132. The summed E-state index contributed by atoms with van der Waals surface area (Å²) in [4.78, 5) is 37.1. The lowest BCUT2D eigenvalue weighted by Crippen LogP contribution is -2.41. The van der Waals surface area contributed by atoms with Crippen LogP contribution in [0, 0.1) is 5.92 Å². The maximum absolute atomic E-state index is 12.3. The molecule has 0 saturated carbocycles. The van der Waals surface area contributed by atoms with Gasteiger partial charge in [0.25, 0.3) is 5.91 Å². The molecule has 2 amide bonds. The van der Waals surface area contributed by atoms with Gasteiger partial charge in [0.05, 0.1) is 0 Å². The number of piperidine rings is 1. The van der Waals surface area contributed by atoms with Crippen molar-refractivity contribution in [3.63, 3.8) is 0 Å². The van der Waals surface area contributed by atoms with Crippen molar-refractivity contribution in [1.82, 2.24) is 10.2 Å². The number of hydrogen-bond donors (Lipinski definition) is 1. The molecule has 0 aromatic heterocycles. The first-order chi connectivity index (χ1) is 12.5. The molecule has 0 spiro atoms. The maximum atomic E-state index is 12.3. The predicted octanol–water partition coefficient (Wildman–Crippen LogP) is 2.55. The van der Waals surface area contributed by atoms with E-state index in [0.717, 1.165) is 32.4 Å². The Morgan fingerprint density at radius 3 is 2.65 bits per heavy atom. The number of carbonyl (C=O) groups excluding carboxylic acids is 3. The fourth-order valence-electron chi connectivity index (χ4n) is 2.89. The smallest absolute Gasteiger partial charge is 0.308 e. The normalized spacial score (nSPS) is 15.1. The molecule has 1 aromatic rings. The van der Waals surface area contributed by atoms with Crippen molar-refractivity contribution in [3.8, 4) is 5.75 Å². The Balaban J connectivity index is 1.79. The zero-order chi connectivity index (χ0) is 18.9. The van der Waals surface area contributed by atoms with Gasteiger partial charge < -0.3 is 15.0 Å². The van der Waals surface area contributed by atoms with Gasteiger partial charge in [-0.05, 0) is 49.5 Å². The minimum Gasteiger partial charge on any atom is -0.427 e. The molecule has 140 valence electrons. The highest BCUT2D eigenvalue weighted by molar-refractivity contribution is 5.94. The Labute approximate surface area is 154 Å². The second-order valence-electron chi connectivity index (χ2n) is 6.41. The van der Waals surface area contributed by atoms with Gasteiger partial charge in [0, 0.05) is 32.1 Å². The van der Waals surface area contributed by atoms with Gasteiger partial charge in [0.2, 0.25) is 5.91 Å². The first kappa shape index (κ1) is 19.7. The lowest BCUT2D eigenvalue weighted by atomic mass is 9.96. The van der Waals surface area contributed by atoms with Crippen LogP contribution in [0.3, 0.4) is 0 Å². The average molecular weight is 358 g/mol. The quantitative estimate of drug-likeness (QED) is 0.482. The summed E-state index contributed by atoms with van der Waals surface area (Å²) in [6.07, 6.45) is 6.11. The monoisotopic (exact) mass is 358 g/mol. The van der Waals surface area contributed by atoms with Crippen LogP contribution >= 0.6 is 0 Å². The standard InChI is InChI=1S/C20H26N2O4/c1-3-4-8-19(24)22-11-9-16(10-12-22)14-21-20(25)17-6-5-7-18(13-17)26-15(2)23/h4-8,13,16H,3,9-12,14H2,1-2H3,(H,21,25)/b8-4+. The first-order valence-electron chi connectivity index (χ1n) is 9.01. The largest absolute Gasteiger partial charge is 0.427 e. The number of amides is 2. The summed E-state index contributed by atoms with van der Waals surface area (Å²) < 4.78 is 5.00. The summed E-state index contributed by atoms with van der Waals surface area (Å²) in [5, 5.41) is 2.93. The SMILES string of the molecule is CC/C=C/C(=O)N1CCC(CNC(=O)c2cccc(OC(C)=O)c2)CC1. The Morgan fingerprint density at radius 1 is 1.27 bits per heavy atom. The number of benzene rings is 1. The van der Waals surface area contributed by atoms with Gasteiger partial charge in [-0.1, -0.05) is 19.1 Å². The second-order valence-corrected chi connectivity index (χ2v) is 6.41. The molecular weight excluding hydrogens is 332 g/mol. The number of rotatable bonds is 6. The first-order valence-corrected chi connectivity index (χ1v) is 9.01. The van der Waals surface area contributed by atoms with Crippen LogP contribution in [0.25, 0.3) is 0 Å². The highest BCUT2D eigenvalue weighted by atomic mass is 16.5. The van der Waals surface area contributed by atoms with Crippen LogP contribution in [0.1, 0.15) is 43.5 Å². The summed E-state index contributed by atoms with van der Waals surface area (Å²) in [5.41, 5.74) is 0.459. The van der Waals surface area contributed by atoms with E-state index in [0.29, 0.717) is 23.8 Å². The zero-order valence-electron chi connectivity index (χ0n) is 15.4. The molecule has 0 bridgehead atoms. The van der Waals surface area contributed by atoms with Gasteiger partial charge >= 0.3 is 5.97 Å². The number of likely N-dealkylation sites (tertiary alicyclic amines) is 1. The van der Waals surface area contributed by atoms with Crippen molar-refractivity contribution >= 4 is 17.8 Å². The summed E-state index contributed by atoms with van der Waals surface area (Å²) in [7, 11) is 0. The molecule has 1 saturated heterocycles. The van der Waals surface area contributed by atoms with E-state index in [1.54, 1.807) is 30.3 Å². The van der Waals surface area contributed by atoms with Crippen LogP contribution in [0.2, 0.25) is 0 Å². The number of nitrogens with one attached hydrogen (secondary N) is 1. The van der Waals surface area contributed by atoms with Crippen molar-refractivity contribution in [3.05, 3.63) is 42.0 Å². The van der Waals surface area contributed by atoms with E-state index in [1.807, 2.05) is 17.9 Å². The number of hydrogen-bond acceptors (Lipinski definition) is 4. The molecule has 1 aromatic carbocycles. The van der Waals surface area contributed by atoms with E-state index in [-0.39, 0.29) is 11.8 Å². The van der Waals surface area contributed by atoms with E-state index in [2.05, 4.69) is 5.32 Å². The molecule has 1 aliphatic rings. The molecule has 6 heteroatoms. The minimum absolute atomic E-state index is 0.0663. The van der Waals surface area contributed by atoms with Crippen LogP contribution in [-0.2, 0) is 9.59 Å². The molecule has 1 N–H and O–H groups in total. The van der Waals surface area contributed by atoms with Gasteiger partial charge in [0.1, 0.15) is 5.75 Å². The number of esters is 1. The molecular formula is C20H26N2O4. The molecule has 0 aliphatic carbocycles. The van der Waals surface area contributed by atoms with E-state index < -0.39 is 5.97 Å². The van der Waals surface area contributed by atoms with Crippen LogP contribution in [0.4, 0.5) is 0 Å². The summed E-state index contributed by atoms with van der Waals surface area (Å²) in [6, 6.07) is 6.56. The molecule has 1 aliphatic heterocycles. The predicted molar refractivity (Wildman–Crippen MR) is 98.8 cm³/mol. The minimum atomic E-state index is -0.419. The Bertz CT molecular complexity index is 676. The van der Waals surface area contributed by atoms with Crippen molar-refractivity contribution in [1.29, 1.82) is 0 Å². The molecule has 1 fully saturated rings. The van der Waals surface area contributed by atoms with E-state index in [1.165, 1.54) is 6.92 Å². The Kier molecular flexibility index (Phi) is 7.38. The highest BCUT2D eigenvalue weighted by Crippen LogP contribution is 2.18. The third kappa shape index (κ3) is 6.02. The molecule has 6 nitrogen and oxygen atoms in total. The van der Waals surface area contributed by atoms with Gasteiger partial charge in [-0.25, -0.2) is 0 Å². The van der Waals surface area contributed by atoms with E-state index in [9.17, 15) is 14.4 Å². The molecule has 0 radical (unpaired) electrons. The third-order valence-corrected chi connectivity index (χ3v) is 4.33.